The summed E-state index contributed by atoms with van der Waals surface area (Å²) in [4.78, 5) is 24.0. The number of amides is 1. The Bertz CT molecular complexity index is 1020. The first-order valence-electron chi connectivity index (χ1n) is 8.58. The quantitative estimate of drug-likeness (QED) is 0.609. The molecule has 1 amide bonds. The number of hydrogen-bond acceptors (Lipinski definition) is 5. The van der Waals surface area contributed by atoms with Gasteiger partial charge in [-0.25, -0.2) is 9.98 Å². The van der Waals surface area contributed by atoms with Crippen LogP contribution in [0.5, 0.6) is 0 Å². The van der Waals surface area contributed by atoms with Crippen LogP contribution in [-0.4, -0.2) is 35.6 Å². The van der Waals surface area contributed by atoms with E-state index in [4.69, 9.17) is 4.74 Å². The monoisotopic (exact) mass is 361 g/mol. The van der Waals surface area contributed by atoms with Crippen LogP contribution in [0.3, 0.4) is 0 Å². The van der Waals surface area contributed by atoms with E-state index in [1.165, 1.54) is 0 Å². The fourth-order valence-electron chi connectivity index (χ4n) is 2.97. The third kappa shape index (κ3) is 3.73. The zero-order valence-corrected chi connectivity index (χ0v) is 14.8. The zero-order valence-electron chi connectivity index (χ0n) is 14.8. The Balaban J connectivity index is 1.56. The molecule has 1 aliphatic rings. The van der Waals surface area contributed by atoms with Gasteiger partial charge in [-0.2, -0.15) is 0 Å². The molecule has 0 unspecified atom stereocenters. The Morgan fingerprint density at radius 3 is 2.89 bits per heavy atom. The number of imidazole rings is 1. The van der Waals surface area contributed by atoms with E-state index in [9.17, 15) is 4.79 Å². The number of fused-ring (bicyclic) bond motifs is 1. The van der Waals surface area contributed by atoms with E-state index in [-0.39, 0.29) is 11.9 Å². The van der Waals surface area contributed by atoms with E-state index in [1.807, 2.05) is 48.5 Å². The van der Waals surface area contributed by atoms with Crippen molar-refractivity contribution < 1.29 is 9.53 Å². The second-order valence-electron chi connectivity index (χ2n) is 6.19. The highest BCUT2D eigenvalue weighted by atomic mass is 16.5. The maximum absolute atomic E-state index is 12.3. The summed E-state index contributed by atoms with van der Waals surface area (Å²) in [7, 11) is 1.64. The molecule has 3 N–H and O–H groups in total. The summed E-state index contributed by atoms with van der Waals surface area (Å²) in [5, 5.41) is 6.01. The first kappa shape index (κ1) is 17.0. The number of aromatic nitrogens is 2. The summed E-state index contributed by atoms with van der Waals surface area (Å²) < 4.78 is 5.30. The molecule has 0 saturated carbocycles. The van der Waals surface area contributed by atoms with Gasteiger partial charge in [0.15, 0.2) is 0 Å². The number of methoxy groups -OCH3 is 1. The van der Waals surface area contributed by atoms with Crippen molar-refractivity contribution in [3.05, 3.63) is 71.7 Å². The number of nitrogens with zero attached hydrogens (tertiary/aromatic N) is 2. The van der Waals surface area contributed by atoms with Crippen molar-refractivity contribution in [3.8, 4) is 0 Å². The number of nitrogens with one attached hydrogen (secondary N) is 3. The number of hydrogen-bond donors (Lipinski definition) is 3. The standard InChI is InChI=1S/C20H19N5O2/c1-27-11-18(14-5-3-2-4-6-14)24-20-23-17(19(26)25-20)10-13-7-8-15-16(9-13)22-12-21-15/h2-10,12,18H,11H2,1H3,(H,21,22)(H2,23,24,25,26)/b17-10-/t18-/m0/s1. The van der Waals surface area contributed by atoms with E-state index in [0.717, 1.165) is 22.2 Å². The molecule has 0 spiro atoms. The van der Waals surface area contributed by atoms with E-state index >= 15 is 0 Å². The van der Waals surface area contributed by atoms with Crippen LogP contribution in [0.15, 0.2) is 65.5 Å². The molecule has 2 heterocycles. The Kier molecular flexibility index (Phi) is 4.67. The molecule has 7 heteroatoms. The third-order valence-corrected chi connectivity index (χ3v) is 4.29. The summed E-state index contributed by atoms with van der Waals surface area (Å²) in [6, 6.07) is 15.5. The van der Waals surface area contributed by atoms with Gasteiger partial charge in [-0.05, 0) is 29.3 Å². The van der Waals surface area contributed by atoms with E-state index < -0.39 is 0 Å². The number of rotatable bonds is 5. The molecule has 0 bridgehead atoms. The van der Waals surface area contributed by atoms with Gasteiger partial charge in [0.1, 0.15) is 5.70 Å². The highest BCUT2D eigenvalue weighted by Gasteiger charge is 2.23. The highest BCUT2D eigenvalue weighted by molar-refractivity contribution is 6.13. The fraction of sp³-hybridized carbons (Fsp3) is 0.150. The Labute approximate surface area is 156 Å². The van der Waals surface area contributed by atoms with E-state index in [1.54, 1.807) is 19.5 Å². The summed E-state index contributed by atoms with van der Waals surface area (Å²) in [5.74, 6) is 0.168. The largest absolute Gasteiger partial charge is 0.382 e. The van der Waals surface area contributed by atoms with Crippen LogP contribution in [-0.2, 0) is 9.53 Å². The number of guanidine groups is 1. The molecule has 4 rings (SSSR count). The lowest BCUT2D eigenvalue weighted by Gasteiger charge is -2.18. The summed E-state index contributed by atoms with van der Waals surface area (Å²) in [6.45, 7) is 0.452. The second-order valence-corrected chi connectivity index (χ2v) is 6.19. The summed E-state index contributed by atoms with van der Waals surface area (Å²) in [6.07, 6.45) is 3.38. The van der Waals surface area contributed by atoms with Crippen LogP contribution in [0.4, 0.5) is 0 Å². The number of aromatic amines is 1. The predicted molar refractivity (Wildman–Crippen MR) is 104 cm³/mol. The smallest absolute Gasteiger partial charge is 0.276 e. The molecule has 0 aliphatic carbocycles. The van der Waals surface area contributed by atoms with Crippen LogP contribution < -0.4 is 10.6 Å². The Hall–Kier alpha value is -3.45. The molecule has 3 aromatic rings. The number of carbonyl (C=O) groups is 1. The van der Waals surface area contributed by atoms with Crippen LogP contribution in [0.25, 0.3) is 17.1 Å². The van der Waals surface area contributed by atoms with Gasteiger partial charge in [0.05, 0.1) is 30.0 Å². The molecular formula is C20H19N5O2. The average molecular weight is 361 g/mol. The molecular weight excluding hydrogens is 342 g/mol. The number of ether oxygens (including phenoxy) is 1. The first-order valence-corrected chi connectivity index (χ1v) is 8.58. The Morgan fingerprint density at radius 1 is 1.22 bits per heavy atom. The van der Waals surface area contributed by atoms with Gasteiger partial charge >= 0.3 is 0 Å². The molecule has 1 atom stereocenters. The third-order valence-electron chi connectivity index (χ3n) is 4.29. The SMILES string of the molecule is COC[C@H](NC1=N/C(=C\c2ccc3[nH]cnc3c2)C(=O)N1)c1ccccc1. The van der Waals surface area contributed by atoms with Crippen molar-refractivity contribution in [1.82, 2.24) is 20.6 Å². The van der Waals surface area contributed by atoms with Crippen LogP contribution in [0, 0.1) is 0 Å². The van der Waals surface area contributed by atoms with Crippen molar-refractivity contribution in [2.45, 2.75) is 6.04 Å². The number of H-pyrrole nitrogens is 1. The summed E-state index contributed by atoms with van der Waals surface area (Å²) in [5.41, 5.74) is 4.05. The predicted octanol–water partition coefficient (Wildman–Crippen LogP) is 2.37. The maximum atomic E-state index is 12.3. The summed E-state index contributed by atoms with van der Waals surface area (Å²) >= 11 is 0. The molecule has 0 saturated heterocycles. The first-order chi connectivity index (χ1) is 13.2. The van der Waals surface area contributed by atoms with Crippen molar-refractivity contribution in [1.29, 1.82) is 0 Å². The van der Waals surface area contributed by atoms with E-state index in [2.05, 4.69) is 25.6 Å². The molecule has 1 aromatic heterocycles. The number of aliphatic imine (C=N–C) groups is 1. The van der Waals surface area contributed by atoms with Gasteiger partial charge in [0.25, 0.3) is 5.91 Å². The minimum atomic E-state index is -0.246. The molecule has 7 nitrogen and oxygen atoms in total. The molecule has 2 aromatic carbocycles. The minimum Gasteiger partial charge on any atom is -0.382 e. The lowest BCUT2D eigenvalue weighted by atomic mass is 10.1. The number of benzene rings is 2. The highest BCUT2D eigenvalue weighted by Crippen LogP contribution is 2.18. The zero-order chi connectivity index (χ0) is 18.6. The lowest BCUT2D eigenvalue weighted by molar-refractivity contribution is -0.115. The molecule has 136 valence electrons. The van der Waals surface area contributed by atoms with Gasteiger partial charge in [0.2, 0.25) is 5.96 Å². The van der Waals surface area contributed by atoms with Gasteiger partial charge in [-0.3, -0.25) is 10.1 Å². The van der Waals surface area contributed by atoms with Gasteiger partial charge in [0, 0.05) is 7.11 Å². The van der Waals surface area contributed by atoms with E-state index in [0.29, 0.717) is 18.3 Å². The Morgan fingerprint density at radius 2 is 2.07 bits per heavy atom. The van der Waals surface area contributed by atoms with Crippen molar-refractivity contribution in [2.75, 3.05) is 13.7 Å². The van der Waals surface area contributed by atoms with Crippen LogP contribution >= 0.6 is 0 Å². The van der Waals surface area contributed by atoms with Crippen LogP contribution in [0.1, 0.15) is 17.2 Å². The van der Waals surface area contributed by atoms with Gasteiger partial charge in [-0.1, -0.05) is 36.4 Å². The maximum Gasteiger partial charge on any atom is 0.276 e. The average Bonchev–Trinajstić information content (AvgIpc) is 3.28. The van der Waals surface area contributed by atoms with Crippen molar-refractivity contribution >= 4 is 29.0 Å². The van der Waals surface area contributed by atoms with Crippen LogP contribution in [0.2, 0.25) is 0 Å². The van der Waals surface area contributed by atoms with Crippen molar-refractivity contribution in [2.24, 2.45) is 4.99 Å². The fourth-order valence-corrected chi connectivity index (χ4v) is 2.97. The second kappa shape index (κ2) is 7.43. The van der Waals surface area contributed by atoms with Crippen molar-refractivity contribution in [3.63, 3.8) is 0 Å². The lowest BCUT2D eigenvalue weighted by Crippen LogP contribution is -2.39. The van der Waals surface area contributed by atoms with Gasteiger partial charge < -0.3 is 15.0 Å². The molecule has 0 radical (unpaired) electrons. The topological polar surface area (TPSA) is 91.4 Å². The number of carbonyl (C=O) groups excluding carboxylic acids is 1. The normalized spacial score (nSPS) is 16.4. The molecule has 1 aliphatic heterocycles. The van der Waals surface area contributed by atoms with Gasteiger partial charge in [-0.15, -0.1) is 0 Å². The molecule has 0 fully saturated rings. The minimum absolute atomic E-state index is 0.116. The molecule has 27 heavy (non-hydrogen) atoms.